The molecule has 2 fully saturated rings. The largest absolute Gasteiger partial charge is 0.444 e. The summed E-state index contributed by atoms with van der Waals surface area (Å²) in [5.41, 5.74) is -0.449. The number of rotatable bonds is 1. The van der Waals surface area contributed by atoms with Crippen molar-refractivity contribution in [3.05, 3.63) is 0 Å². The van der Waals surface area contributed by atoms with Crippen LogP contribution in [0, 0.1) is 0 Å². The van der Waals surface area contributed by atoms with Gasteiger partial charge < -0.3 is 15.0 Å². The smallest absolute Gasteiger partial charge is 0.410 e. The highest BCUT2D eigenvalue weighted by Crippen LogP contribution is 2.17. The van der Waals surface area contributed by atoms with Gasteiger partial charge >= 0.3 is 6.09 Å². The van der Waals surface area contributed by atoms with E-state index < -0.39 is 5.60 Å². The summed E-state index contributed by atoms with van der Waals surface area (Å²) in [4.78, 5) is 27.5. The van der Waals surface area contributed by atoms with Crippen LogP contribution in [0.4, 0.5) is 4.79 Å². The van der Waals surface area contributed by atoms with E-state index in [9.17, 15) is 9.59 Å². The minimum Gasteiger partial charge on any atom is -0.444 e. The number of amides is 2. The van der Waals surface area contributed by atoms with E-state index in [-0.39, 0.29) is 12.0 Å². The molecule has 0 aromatic carbocycles. The van der Waals surface area contributed by atoms with Gasteiger partial charge in [-0.15, -0.1) is 0 Å². The molecular weight excluding hydrogens is 258 g/mol. The average molecular weight is 283 g/mol. The molecular formula is C14H25N3O3. The lowest BCUT2D eigenvalue weighted by Gasteiger charge is -2.40. The van der Waals surface area contributed by atoms with Crippen molar-refractivity contribution in [1.29, 1.82) is 0 Å². The highest BCUT2D eigenvalue weighted by atomic mass is 16.6. The van der Waals surface area contributed by atoms with Crippen LogP contribution in [0.5, 0.6) is 0 Å². The van der Waals surface area contributed by atoms with Gasteiger partial charge in [0.1, 0.15) is 5.60 Å². The lowest BCUT2D eigenvalue weighted by atomic mass is 10.0. The third-order valence-electron chi connectivity index (χ3n) is 3.70. The SMILES string of the molecule is CC(C)(C)OC(=O)N1CCN(C2CCNC(=O)C2)CC1. The van der Waals surface area contributed by atoms with Crippen molar-refractivity contribution >= 4 is 12.0 Å². The fourth-order valence-electron chi connectivity index (χ4n) is 2.67. The molecule has 2 aliphatic rings. The predicted octanol–water partition coefficient (Wildman–Crippen LogP) is 0.818. The molecule has 6 nitrogen and oxygen atoms in total. The van der Waals surface area contributed by atoms with Crippen LogP contribution in [0.15, 0.2) is 0 Å². The van der Waals surface area contributed by atoms with Crippen LogP contribution in [-0.4, -0.2) is 66.2 Å². The van der Waals surface area contributed by atoms with Crippen LogP contribution in [0.2, 0.25) is 0 Å². The quantitative estimate of drug-likeness (QED) is 0.774. The number of piperazine rings is 1. The first-order chi connectivity index (χ1) is 9.35. The molecule has 2 amide bonds. The molecule has 2 rings (SSSR count). The Balaban J connectivity index is 1.80. The molecule has 114 valence electrons. The third-order valence-corrected chi connectivity index (χ3v) is 3.70. The van der Waals surface area contributed by atoms with E-state index in [0.717, 1.165) is 26.1 Å². The van der Waals surface area contributed by atoms with Crippen LogP contribution in [-0.2, 0) is 9.53 Å². The third kappa shape index (κ3) is 4.10. The Labute approximate surface area is 120 Å². The van der Waals surface area contributed by atoms with Crippen molar-refractivity contribution in [2.24, 2.45) is 0 Å². The zero-order valence-corrected chi connectivity index (χ0v) is 12.6. The summed E-state index contributed by atoms with van der Waals surface area (Å²) < 4.78 is 5.38. The molecule has 0 saturated carbocycles. The van der Waals surface area contributed by atoms with Gasteiger partial charge in [0.2, 0.25) is 5.91 Å². The molecule has 2 heterocycles. The Morgan fingerprint density at radius 2 is 1.90 bits per heavy atom. The van der Waals surface area contributed by atoms with Crippen molar-refractivity contribution < 1.29 is 14.3 Å². The Morgan fingerprint density at radius 3 is 2.45 bits per heavy atom. The van der Waals surface area contributed by atoms with Gasteiger partial charge in [-0.2, -0.15) is 0 Å². The zero-order chi connectivity index (χ0) is 14.8. The number of nitrogens with zero attached hydrogens (tertiary/aromatic N) is 2. The molecule has 1 N–H and O–H groups in total. The van der Waals surface area contributed by atoms with Gasteiger partial charge in [0.25, 0.3) is 0 Å². The fraction of sp³-hybridized carbons (Fsp3) is 0.857. The molecule has 0 aromatic rings. The maximum absolute atomic E-state index is 12.0. The van der Waals surface area contributed by atoms with Gasteiger partial charge in [0.15, 0.2) is 0 Å². The van der Waals surface area contributed by atoms with Crippen LogP contribution < -0.4 is 5.32 Å². The number of nitrogens with one attached hydrogen (secondary N) is 1. The summed E-state index contributed by atoms with van der Waals surface area (Å²) in [7, 11) is 0. The summed E-state index contributed by atoms with van der Waals surface area (Å²) >= 11 is 0. The Bertz CT molecular complexity index is 370. The zero-order valence-electron chi connectivity index (χ0n) is 12.6. The maximum Gasteiger partial charge on any atom is 0.410 e. The molecule has 0 spiro atoms. The van der Waals surface area contributed by atoms with E-state index in [1.54, 1.807) is 4.90 Å². The summed E-state index contributed by atoms with van der Waals surface area (Å²) in [6.07, 6.45) is 1.34. The molecule has 20 heavy (non-hydrogen) atoms. The van der Waals surface area contributed by atoms with E-state index in [1.807, 2.05) is 20.8 Å². The Morgan fingerprint density at radius 1 is 1.25 bits per heavy atom. The molecule has 0 aliphatic carbocycles. The van der Waals surface area contributed by atoms with Crippen molar-refractivity contribution in [3.8, 4) is 0 Å². The minimum atomic E-state index is -0.449. The number of ether oxygens (including phenoxy) is 1. The van der Waals surface area contributed by atoms with Crippen LogP contribution in [0.25, 0.3) is 0 Å². The molecule has 0 aromatic heterocycles. The molecule has 2 aliphatic heterocycles. The summed E-state index contributed by atoms with van der Waals surface area (Å²) in [5, 5.41) is 2.85. The minimum absolute atomic E-state index is 0.135. The van der Waals surface area contributed by atoms with Crippen molar-refractivity contribution in [2.75, 3.05) is 32.7 Å². The number of hydrogen-bond acceptors (Lipinski definition) is 4. The number of hydrogen-bond donors (Lipinski definition) is 1. The summed E-state index contributed by atoms with van der Waals surface area (Å²) in [6, 6.07) is 0.324. The fourth-order valence-corrected chi connectivity index (χ4v) is 2.67. The van der Waals surface area contributed by atoms with Crippen LogP contribution >= 0.6 is 0 Å². The van der Waals surface area contributed by atoms with Gasteiger partial charge in [-0.05, 0) is 27.2 Å². The van der Waals surface area contributed by atoms with E-state index in [2.05, 4.69) is 10.2 Å². The van der Waals surface area contributed by atoms with Crippen molar-refractivity contribution in [3.63, 3.8) is 0 Å². The average Bonchev–Trinajstić information content (AvgIpc) is 2.37. The molecule has 1 unspecified atom stereocenters. The normalized spacial score (nSPS) is 25.2. The first-order valence-electron chi connectivity index (χ1n) is 7.34. The van der Waals surface area contributed by atoms with Crippen LogP contribution in [0.3, 0.4) is 0 Å². The first-order valence-corrected chi connectivity index (χ1v) is 7.34. The predicted molar refractivity (Wildman–Crippen MR) is 75.4 cm³/mol. The second-order valence-corrected chi connectivity index (χ2v) is 6.50. The number of piperidine rings is 1. The van der Waals surface area contributed by atoms with Gasteiger partial charge in [-0.1, -0.05) is 0 Å². The van der Waals surface area contributed by atoms with Gasteiger partial charge in [-0.3, -0.25) is 9.69 Å². The van der Waals surface area contributed by atoms with E-state index >= 15 is 0 Å². The lowest BCUT2D eigenvalue weighted by Crippen LogP contribution is -2.55. The second-order valence-electron chi connectivity index (χ2n) is 6.50. The molecule has 1 atom stereocenters. The first kappa shape index (κ1) is 15.1. The Hall–Kier alpha value is -1.30. The van der Waals surface area contributed by atoms with E-state index in [4.69, 9.17) is 4.74 Å². The highest BCUT2D eigenvalue weighted by Gasteiger charge is 2.30. The highest BCUT2D eigenvalue weighted by molar-refractivity contribution is 5.77. The second kappa shape index (κ2) is 5.99. The standard InChI is InChI=1S/C14H25N3O3/c1-14(2,3)20-13(19)17-8-6-16(7-9-17)11-4-5-15-12(18)10-11/h11H,4-10H2,1-3H3,(H,15,18). The van der Waals surface area contributed by atoms with Crippen molar-refractivity contribution in [1.82, 2.24) is 15.1 Å². The van der Waals surface area contributed by atoms with Gasteiger partial charge in [-0.25, -0.2) is 4.79 Å². The number of carbonyl (C=O) groups is 2. The lowest BCUT2D eigenvalue weighted by molar-refractivity contribution is -0.124. The Kier molecular flexibility index (Phi) is 4.52. The maximum atomic E-state index is 12.0. The monoisotopic (exact) mass is 283 g/mol. The number of carbonyl (C=O) groups excluding carboxylic acids is 2. The molecule has 0 radical (unpaired) electrons. The van der Waals surface area contributed by atoms with E-state index in [0.29, 0.717) is 25.6 Å². The summed E-state index contributed by atoms with van der Waals surface area (Å²) in [6.45, 7) is 9.37. The summed E-state index contributed by atoms with van der Waals surface area (Å²) in [5.74, 6) is 0.135. The van der Waals surface area contributed by atoms with Gasteiger partial charge in [0.05, 0.1) is 0 Å². The molecule has 6 heteroatoms. The van der Waals surface area contributed by atoms with E-state index in [1.165, 1.54) is 0 Å². The molecule has 0 bridgehead atoms. The topological polar surface area (TPSA) is 61.9 Å². The molecule has 2 saturated heterocycles. The van der Waals surface area contributed by atoms with Crippen molar-refractivity contribution in [2.45, 2.75) is 45.3 Å². The van der Waals surface area contributed by atoms with Gasteiger partial charge in [0, 0.05) is 45.2 Å². The van der Waals surface area contributed by atoms with Crippen LogP contribution in [0.1, 0.15) is 33.6 Å².